The molecule has 0 amide bonds. The lowest BCUT2D eigenvalue weighted by atomic mass is 10.2. The second kappa shape index (κ2) is 5.65. The molecule has 0 fully saturated rings. The first-order valence-corrected chi connectivity index (χ1v) is 6.92. The zero-order valence-electron chi connectivity index (χ0n) is 9.74. The largest absolute Gasteiger partial charge is 0.389 e. The zero-order chi connectivity index (χ0) is 13.1. The minimum Gasteiger partial charge on any atom is -0.389 e. The van der Waals surface area contributed by atoms with Crippen LogP contribution in [0.25, 0.3) is 0 Å². The van der Waals surface area contributed by atoms with Gasteiger partial charge < -0.3 is 11.1 Å². The van der Waals surface area contributed by atoms with Gasteiger partial charge in [-0.1, -0.05) is 23.8 Å². The Labute approximate surface area is 120 Å². The van der Waals surface area contributed by atoms with Crippen molar-refractivity contribution in [3.63, 3.8) is 0 Å². The van der Waals surface area contributed by atoms with Crippen molar-refractivity contribution in [3.05, 3.63) is 44.7 Å². The Bertz CT molecular complexity index is 580. The number of anilines is 1. The van der Waals surface area contributed by atoms with Gasteiger partial charge in [0.2, 0.25) is 0 Å². The van der Waals surface area contributed by atoms with Crippen LogP contribution in [0.3, 0.4) is 0 Å². The van der Waals surface area contributed by atoms with Crippen molar-refractivity contribution in [3.8, 4) is 0 Å². The van der Waals surface area contributed by atoms with E-state index in [9.17, 15) is 0 Å². The molecule has 0 aliphatic carbocycles. The van der Waals surface area contributed by atoms with Gasteiger partial charge in [0.15, 0.2) is 0 Å². The summed E-state index contributed by atoms with van der Waals surface area (Å²) < 4.78 is 0.776. The first-order valence-electron chi connectivity index (χ1n) is 5.32. The van der Waals surface area contributed by atoms with Crippen LogP contribution in [0.15, 0.2) is 24.3 Å². The zero-order valence-corrected chi connectivity index (χ0v) is 12.1. The second-order valence-corrected chi connectivity index (χ2v) is 6.01. The Kier molecular flexibility index (Phi) is 4.16. The normalized spacial score (nSPS) is 10.3. The molecule has 2 rings (SSSR count). The van der Waals surface area contributed by atoms with Crippen LogP contribution in [0.5, 0.6) is 0 Å². The average molecular weight is 298 g/mol. The number of hydrogen-bond acceptors (Lipinski definition) is 4. The van der Waals surface area contributed by atoms with E-state index in [0.29, 0.717) is 17.4 Å². The summed E-state index contributed by atoms with van der Waals surface area (Å²) in [5.41, 5.74) is 7.35. The molecule has 0 atom stereocenters. The molecule has 0 spiro atoms. The fraction of sp³-hybridized carbons (Fsp3) is 0.167. The molecule has 18 heavy (non-hydrogen) atoms. The van der Waals surface area contributed by atoms with Crippen molar-refractivity contribution in [1.82, 2.24) is 4.98 Å². The summed E-state index contributed by atoms with van der Waals surface area (Å²) in [5.74, 6) is 0.715. The molecule has 2 heterocycles. The molecule has 0 aliphatic rings. The van der Waals surface area contributed by atoms with Gasteiger partial charge >= 0.3 is 0 Å². The quantitative estimate of drug-likeness (QED) is 0.850. The van der Waals surface area contributed by atoms with Crippen molar-refractivity contribution >= 4 is 46.0 Å². The van der Waals surface area contributed by atoms with E-state index in [1.165, 1.54) is 11.3 Å². The van der Waals surface area contributed by atoms with Crippen LogP contribution < -0.4 is 11.1 Å². The highest BCUT2D eigenvalue weighted by Gasteiger charge is 2.07. The molecule has 94 valence electrons. The third-order valence-corrected chi connectivity index (χ3v) is 3.81. The molecule has 2 aromatic heterocycles. The fourth-order valence-electron chi connectivity index (χ4n) is 1.51. The number of rotatable bonds is 4. The molecular formula is C12H12ClN3S2. The molecule has 0 radical (unpaired) electrons. The third-order valence-electron chi connectivity index (χ3n) is 2.36. The van der Waals surface area contributed by atoms with Crippen molar-refractivity contribution in [2.45, 2.75) is 13.5 Å². The highest BCUT2D eigenvalue weighted by atomic mass is 35.5. The average Bonchev–Trinajstić information content (AvgIpc) is 2.72. The standard InChI is InChI=1S/C12H12ClN3S2/c1-7-2-4-9(11(14)17)12(16-7)15-6-8-3-5-10(13)18-8/h2-5H,6H2,1H3,(H2,14,17)(H,15,16). The van der Waals surface area contributed by atoms with Crippen LogP contribution in [0, 0.1) is 6.92 Å². The number of thiocarbonyl (C=S) groups is 1. The minimum atomic E-state index is 0.342. The van der Waals surface area contributed by atoms with Crippen LogP contribution >= 0.6 is 35.2 Å². The maximum Gasteiger partial charge on any atom is 0.136 e. The number of nitrogens with zero attached hydrogens (tertiary/aromatic N) is 1. The van der Waals surface area contributed by atoms with Gasteiger partial charge in [0.1, 0.15) is 10.8 Å². The van der Waals surface area contributed by atoms with Gasteiger partial charge in [-0.2, -0.15) is 0 Å². The summed E-state index contributed by atoms with van der Waals surface area (Å²) in [6, 6.07) is 7.63. The molecule has 6 heteroatoms. The lowest BCUT2D eigenvalue weighted by Gasteiger charge is -2.10. The lowest BCUT2D eigenvalue weighted by Crippen LogP contribution is -2.14. The number of halogens is 1. The van der Waals surface area contributed by atoms with E-state index in [2.05, 4.69) is 10.3 Å². The monoisotopic (exact) mass is 297 g/mol. The predicted octanol–water partition coefficient (Wildman–Crippen LogP) is 3.35. The molecule has 0 saturated carbocycles. The number of hydrogen-bond donors (Lipinski definition) is 2. The number of pyridine rings is 1. The summed E-state index contributed by atoms with van der Waals surface area (Å²) in [6.07, 6.45) is 0. The Morgan fingerprint density at radius 3 is 2.83 bits per heavy atom. The fourth-order valence-corrected chi connectivity index (χ4v) is 2.70. The van der Waals surface area contributed by atoms with Gasteiger partial charge in [0.05, 0.1) is 16.4 Å². The van der Waals surface area contributed by atoms with Crippen LogP contribution in [-0.4, -0.2) is 9.97 Å². The molecule has 0 aromatic carbocycles. The van der Waals surface area contributed by atoms with Gasteiger partial charge in [-0.3, -0.25) is 0 Å². The Hall–Kier alpha value is -1.17. The van der Waals surface area contributed by atoms with Gasteiger partial charge in [0.25, 0.3) is 0 Å². The van der Waals surface area contributed by atoms with Crippen molar-refractivity contribution in [2.24, 2.45) is 5.73 Å². The smallest absolute Gasteiger partial charge is 0.136 e. The maximum absolute atomic E-state index is 5.88. The lowest BCUT2D eigenvalue weighted by molar-refractivity contribution is 1.11. The van der Waals surface area contributed by atoms with Crippen molar-refractivity contribution in [2.75, 3.05) is 5.32 Å². The van der Waals surface area contributed by atoms with E-state index in [-0.39, 0.29) is 0 Å². The van der Waals surface area contributed by atoms with Crippen LogP contribution in [-0.2, 0) is 6.54 Å². The van der Waals surface area contributed by atoms with Gasteiger partial charge in [0, 0.05) is 10.6 Å². The van der Waals surface area contributed by atoms with E-state index in [1.54, 1.807) is 0 Å². The van der Waals surface area contributed by atoms with Gasteiger partial charge in [-0.05, 0) is 31.2 Å². The number of thiophene rings is 1. The Morgan fingerprint density at radius 1 is 1.44 bits per heavy atom. The predicted molar refractivity (Wildman–Crippen MR) is 81.5 cm³/mol. The minimum absolute atomic E-state index is 0.342. The molecule has 2 aromatic rings. The summed E-state index contributed by atoms with van der Waals surface area (Å²) >= 11 is 12.4. The van der Waals surface area contributed by atoms with Gasteiger partial charge in [-0.15, -0.1) is 11.3 Å². The SMILES string of the molecule is Cc1ccc(C(N)=S)c(NCc2ccc(Cl)s2)n1. The molecule has 3 nitrogen and oxygen atoms in total. The summed E-state index contributed by atoms with van der Waals surface area (Å²) in [5, 5.41) is 3.24. The van der Waals surface area contributed by atoms with Crippen LogP contribution in [0.2, 0.25) is 4.34 Å². The van der Waals surface area contributed by atoms with E-state index >= 15 is 0 Å². The van der Waals surface area contributed by atoms with E-state index in [0.717, 1.165) is 20.5 Å². The molecule has 0 unspecified atom stereocenters. The number of aromatic nitrogens is 1. The Morgan fingerprint density at radius 2 is 2.22 bits per heavy atom. The van der Waals surface area contributed by atoms with Crippen LogP contribution in [0.1, 0.15) is 16.1 Å². The highest BCUT2D eigenvalue weighted by Crippen LogP contribution is 2.22. The van der Waals surface area contributed by atoms with E-state index in [1.807, 2.05) is 31.2 Å². The van der Waals surface area contributed by atoms with E-state index < -0.39 is 0 Å². The number of aryl methyl sites for hydroxylation is 1. The first-order chi connectivity index (χ1) is 8.56. The van der Waals surface area contributed by atoms with Gasteiger partial charge in [-0.25, -0.2) is 4.98 Å². The summed E-state index contributed by atoms with van der Waals surface area (Å²) in [4.78, 5) is 5.89. The first kappa shape index (κ1) is 13.3. The molecular weight excluding hydrogens is 286 g/mol. The second-order valence-electron chi connectivity index (χ2n) is 3.77. The van der Waals surface area contributed by atoms with Crippen molar-refractivity contribution < 1.29 is 0 Å². The Balaban J connectivity index is 2.17. The molecule has 3 N–H and O–H groups in total. The number of nitrogens with one attached hydrogen (secondary N) is 1. The number of nitrogens with two attached hydrogens (primary N) is 1. The maximum atomic E-state index is 5.88. The molecule has 0 bridgehead atoms. The van der Waals surface area contributed by atoms with Crippen molar-refractivity contribution in [1.29, 1.82) is 0 Å². The summed E-state index contributed by atoms with van der Waals surface area (Å²) in [6.45, 7) is 2.58. The topological polar surface area (TPSA) is 50.9 Å². The third kappa shape index (κ3) is 3.19. The molecule has 0 saturated heterocycles. The van der Waals surface area contributed by atoms with E-state index in [4.69, 9.17) is 29.6 Å². The molecule has 0 aliphatic heterocycles. The van der Waals surface area contributed by atoms with Crippen LogP contribution in [0.4, 0.5) is 5.82 Å². The highest BCUT2D eigenvalue weighted by molar-refractivity contribution is 7.80. The summed E-state index contributed by atoms with van der Waals surface area (Å²) in [7, 11) is 0.